The minimum atomic E-state index is -0.776. The molecule has 0 spiro atoms. The van der Waals surface area contributed by atoms with Crippen LogP contribution in [0.2, 0.25) is 0 Å². The summed E-state index contributed by atoms with van der Waals surface area (Å²) in [5, 5.41) is 9.04. The van der Waals surface area contributed by atoms with Crippen molar-refractivity contribution in [3.63, 3.8) is 0 Å². The zero-order chi connectivity index (χ0) is 14.4. The first kappa shape index (κ1) is 15.4. The predicted molar refractivity (Wildman–Crippen MR) is 76.5 cm³/mol. The lowest BCUT2D eigenvalue weighted by Crippen LogP contribution is -2.37. The number of likely N-dealkylation sites (N-methyl/N-ethyl adjacent to an activating group) is 1. The summed E-state index contributed by atoms with van der Waals surface area (Å²) >= 11 is 0. The number of aromatic nitrogens is 1. The smallest absolute Gasteiger partial charge is 0.308 e. The molecule has 0 aliphatic heterocycles. The maximum Gasteiger partial charge on any atom is 0.308 e. The van der Waals surface area contributed by atoms with Gasteiger partial charge in [0.05, 0.1) is 5.92 Å². The molecule has 0 radical (unpaired) electrons. The van der Waals surface area contributed by atoms with E-state index < -0.39 is 11.9 Å². The van der Waals surface area contributed by atoms with Crippen LogP contribution in [0.4, 0.5) is 5.82 Å². The van der Waals surface area contributed by atoms with Gasteiger partial charge in [-0.1, -0.05) is 13.0 Å². The summed E-state index contributed by atoms with van der Waals surface area (Å²) in [5.74, 6) is -0.354. The molecule has 0 saturated heterocycles. The number of carbonyl (C=O) groups is 1. The molecule has 0 fully saturated rings. The second-order valence-electron chi connectivity index (χ2n) is 5.18. The zero-order valence-electron chi connectivity index (χ0n) is 12.1. The van der Waals surface area contributed by atoms with Gasteiger partial charge in [-0.25, -0.2) is 4.98 Å². The average Bonchev–Trinajstić information content (AvgIpc) is 2.35. The highest BCUT2D eigenvalue weighted by atomic mass is 16.4. The van der Waals surface area contributed by atoms with Crippen LogP contribution in [0.15, 0.2) is 18.3 Å². The second-order valence-corrected chi connectivity index (χ2v) is 5.18. The molecule has 1 aromatic heterocycles. The summed E-state index contributed by atoms with van der Waals surface area (Å²) < 4.78 is 0. The quantitative estimate of drug-likeness (QED) is 0.809. The molecular weight excluding hydrogens is 242 g/mol. The summed E-state index contributed by atoms with van der Waals surface area (Å²) in [6.45, 7) is 5.81. The third kappa shape index (κ3) is 5.26. The van der Waals surface area contributed by atoms with E-state index >= 15 is 0 Å². The van der Waals surface area contributed by atoms with Crippen molar-refractivity contribution in [2.45, 2.75) is 13.8 Å². The number of rotatable bonds is 7. The van der Waals surface area contributed by atoms with E-state index in [0.717, 1.165) is 24.5 Å². The van der Waals surface area contributed by atoms with Crippen LogP contribution >= 0.6 is 0 Å². The van der Waals surface area contributed by atoms with Crippen molar-refractivity contribution >= 4 is 11.8 Å². The van der Waals surface area contributed by atoms with Crippen LogP contribution in [-0.2, 0) is 4.79 Å². The van der Waals surface area contributed by atoms with Crippen LogP contribution in [0.5, 0.6) is 0 Å². The summed E-state index contributed by atoms with van der Waals surface area (Å²) in [6, 6.07) is 3.94. The Kier molecular flexibility index (Phi) is 5.76. The molecule has 19 heavy (non-hydrogen) atoms. The van der Waals surface area contributed by atoms with Gasteiger partial charge in [-0.2, -0.15) is 0 Å². The van der Waals surface area contributed by atoms with Crippen LogP contribution in [0.3, 0.4) is 0 Å². The Morgan fingerprint density at radius 2 is 2.05 bits per heavy atom. The summed E-state index contributed by atoms with van der Waals surface area (Å²) in [6.07, 6.45) is 1.81. The lowest BCUT2D eigenvalue weighted by Gasteiger charge is -2.27. The minimum absolute atomic E-state index is 0.412. The van der Waals surface area contributed by atoms with Gasteiger partial charge < -0.3 is 14.9 Å². The van der Waals surface area contributed by atoms with Crippen molar-refractivity contribution in [2.75, 3.05) is 38.6 Å². The van der Waals surface area contributed by atoms with Crippen LogP contribution in [0, 0.1) is 12.8 Å². The number of nitrogens with zero attached hydrogens (tertiary/aromatic N) is 3. The molecule has 1 aromatic rings. The first-order chi connectivity index (χ1) is 8.90. The zero-order valence-corrected chi connectivity index (χ0v) is 12.1. The number of hydrogen-bond acceptors (Lipinski definition) is 4. The van der Waals surface area contributed by atoms with Gasteiger partial charge in [0.1, 0.15) is 5.82 Å². The van der Waals surface area contributed by atoms with Gasteiger partial charge >= 0.3 is 5.97 Å². The Bertz CT molecular complexity index is 404. The van der Waals surface area contributed by atoms with E-state index in [1.54, 1.807) is 6.92 Å². The molecule has 1 rings (SSSR count). The molecule has 1 heterocycles. The number of hydrogen-bond donors (Lipinski definition) is 1. The molecule has 5 heteroatoms. The van der Waals surface area contributed by atoms with E-state index in [4.69, 9.17) is 5.11 Å². The molecule has 106 valence electrons. The van der Waals surface area contributed by atoms with Gasteiger partial charge in [-0.3, -0.25) is 4.79 Å². The highest BCUT2D eigenvalue weighted by Crippen LogP contribution is 2.13. The van der Waals surface area contributed by atoms with Gasteiger partial charge in [-0.15, -0.1) is 0 Å². The Morgan fingerprint density at radius 1 is 1.37 bits per heavy atom. The van der Waals surface area contributed by atoms with Crippen LogP contribution in [0.25, 0.3) is 0 Å². The number of carboxylic acids is 1. The fraction of sp³-hybridized carbons (Fsp3) is 0.571. The number of pyridine rings is 1. The van der Waals surface area contributed by atoms with E-state index in [9.17, 15) is 4.79 Å². The standard InChI is InChI=1S/C14H23N3O2/c1-11-5-6-13(15-9-11)17(8-7-16(3)4)10-12(2)14(18)19/h5-6,9,12H,7-8,10H2,1-4H3,(H,18,19). The van der Waals surface area contributed by atoms with Crippen molar-refractivity contribution < 1.29 is 9.90 Å². The molecule has 0 aliphatic carbocycles. The van der Waals surface area contributed by atoms with E-state index in [1.165, 1.54) is 0 Å². The molecule has 0 saturated carbocycles. The maximum absolute atomic E-state index is 11.0. The van der Waals surface area contributed by atoms with Crippen molar-refractivity contribution in [3.05, 3.63) is 23.9 Å². The number of aliphatic carboxylic acids is 1. The molecule has 0 bridgehead atoms. The summed E-state index contributed by atoms with van der Waals surface area (Å²) in [5.41, 5.74) is 1.10. The largest absolute Gasteiger partial charge is 0.481 e. The first-order valence-electron chi connectivity index (χ1n) is 6.45. The van der Waals surface area contributed by atoms with Crippen LogP contribution in [-0.4, -0.2) is 54.7 Å². The van der Waals surface area contributed by atoms with Crippen molar-refractivity contribution in [1.29, 1.82) is 0 Å². The number of carboxylic acid groups (broad SMARTS) is 1. The highest BCUT2D eigenvalue weighted by molar-refractivity contribution is 5.70. The minimum Gasteiger partial charge on any atom is -0.481 e. The van der Waals surface area contributed by atoms with E-state index in [-0.39, 0.29) is 0 Å². The van der Waals surface area contributed by atoms with E-state index in [0.29, 0.717) is 6.54 Å². The van der Waals surface area contributed by atoms with Crippen LogP contribution in [0.1, 0.15) is 12.5 Å². The monoisotopic (exact) mass is 265 g/mol. The molecule has 1 N–H and O–H groups in total. The van der Waals surface area contributed by atoms with Gasteiger partial charge in [0, 0.05) is 25.8 Å². The Labute approximate surface area is 114 Å². The second kappa shape index (κ2) is 7.09. The number of aryl methyl sites for hydroxylation is 1. The maximum atomic E-state index is 11.0. The summed E-state index contributed by atoms with van der Waals surface area (Å²) in [4.78, 5) is 19.5. The average molecular weight is 265 g/mol. The first-order valence-corrected chi connectivity index (χ1v) is 6.45. The molecule has 0 aliphatic rings. The topological polar surface area (TPSA) is 56.7 Å². The van der Waals surface area contributed by atoms with Gasteiger partial charge in [0.15, 0.2) is 0 Å². The molecular formula is C14H23N3O2. The SMILES string of the molecule is Cc1ccc(N(CCN(C)C)CC(C)C(=O)O)nc1. The fourth-order valence-electron chi connectivity index (χ4n) is 1.68. The van der Waals surface area contributed by atoms with Gasteiger partial charge in [-0.05, 0) is 32.6 Å². The molecule has 0 aromatic carbocycles. The lowest BCUT2D eigenvalue weighted by atomic mass is 10.1. The summed E-state index contributed by atoms with van der Waals surface area (Å²) in [7, 11) is 4.00. The van der Waals surface area contributed by atoms with E-state index in [1.807, 2.05) is 44.2 Å². The van der Waals surface area contributed by atoms with E-state index in [2.05, 4.69) is 9.88 Å². The Morgan fingerprint density at radius 3 is 2.53 bits per heavy atom. The van der Waals surface area contributed by atoms with Crippen molar-refractivity contribution in [1.82, 2.24) is 9.88 Å². The molecule has 0 amide bonds. The Balaban J connectivity index is 2.78. The normalized spacial score (nSPS) is 12.5. The molecule has 5 nitrogen and oxygen atoms in total. The van der Waals surface area contributed by atoms with Crippen LogP contribution < -0.4 is 4.90 Å². The third-order valence-electron chi connectivity index (χ3n) is 2.95. The Hall–Kier alpha value is -1.62. The van der Waals surface area contributed by atoms with Gasteiger partial charge in [0.25, 0.3) is 0 Å². The molecule has 1 atom stereocenters. The predicted octanol–water partition coefficient (Wildman–Crippen LogP) is 1.48. The van der Waals surface area contributed by atoms with Gasteiger partial charge in [0.2, 0.25) is 0 Å². The number of anilines is 1. The fourth-order valence-corrected chi connectivity index (χ4v) is 1.68. The molecule has 1 unspecified atom stereocenters. The van der Waals surface area contributed by atoms with Crippen molar-refractivity contribution in [2.24, 2.45) is 5.92 Å². The van der Waals surface area contributed by atoms with Crippen molar-refractivity contribution in [3.8, 4) is 0 Å². The third-order valence-corrected chi connectivity index (χ3v) is 2.95. The lowest BCUT2D eigenvalue weighted by molar-refractivity contribution is -0.140. The highest BCUT2D eigenvalue weighted by Gasteiger charge is 2.17.